The van der Waals surface area contributed by atoms with Crippen LogP contribution < -0.4 is 10.5 Å². The van der Waals surface area contributed by atoms with Crippen LogP contribution in [0.1, 0.15) is 0 Å². The van der Waals surface area contributed by atoms with E-state index in [0.29, 0.717) is 0 Å². The van der Waals surface area contributed by atoms with Gasteiger partial charge in [-0.25, -0.2) is 17.2 Å². The molecule has 0 aromatic heterocycles. The van der Waals surface area contributed by atoms with Crippen molar-refractivity contribution in [2.24, 2.45) is 0 Å². The molecule has 4 nitrogen and oxygen atoms in total. The van der Waals surface area contributed by atoms with Crippen molar-refractivity contribution in [1.82, 2.24) is 0 Å². The van der Waals surface area contributed by atoms with Crippen LogP contribution in [-0.2, 0) is 10.0 Å². The van der Waals surface area contributed by atoms with Crippen molar-refractivity contribution in [2.75, 3.05) is 10.5 Å². The van der Waals surface area contributed by atoms with Crippen molar-refractivity contribution in [3.05, 3.63) is 52.0 Å². The van der Waals surface area contributed by atoms with Gasteiger partial charge < -0.3 is 5.73 Å². The maximum Gasteiger partial charge on any atom is 0.266 e. The van der Waals surface area contributed by atoms with Gasteiger partial charge in [-0.1, -0.05) is 29.3 Å². The third-order valence-electron chi connectivity index (χ3n) is 2.50. The number of hydrogen-bond donors (Lipinski definition) is 2. The number of hydrogen-bond acceptors (Lipinski definition) is 3. The predicted octanol–water partition coefficient (Wildman–Crippen LogP) is 3.65. The topological polar surface area (TPSA) is 72.2 Å². The number of sulfonamides is 1. The van der Waals surface area contributed by atoms with Crippen molar-refractivity contribution < 1.29 is 17.2 Å². The molecule has 21 heavy (non-hydrogen) atoms. The molecule has 3 N–H and O–H groups in total. The molecule has 112 valence electrons. The zero-order chi connectivity index (χ0) is 15.8. The molecule has 0 saturated carbocycles. The number of nitrogen functional groups attached to an aromatic ring is 1. The van der Waals surface area contributed by atoms with Crippen LogP contribution in [0.15, 0.2) is 35.2 Å². The summed E-state index contributed by atoms with van der Waals surface area (Å²) in [6.07, 6.45) is 0. The first kappa shape index (κ1) is 15.8. The van der Waals surface area contributed by atoms with Crippen LogP contribution in [-0.4, -0.2) is 8.42 Å². The van der Waals surface area contributed by atoms with E-state index in [1.807, 2.05) is 4.72 Å². The first-order chi connectivity index (χ1) is 9.72. The number of halogens is 4. The summed E-state index contributed by atoms with van der Waals surface area (Å²) in [5, 5.41) is -0.747. The highest BCUT2D eigenvalue weighted by atomic mass is 35.5. The molecule has 0 bridgehead atoms. The maximum absolute atomic E-state index is 13.7. The Morgan fingerprint density at radius 3 is 2.19 bits per heavy atom. The Labute approximate surface area is 129 Å². The van der Waals surface area contributed by atoms with Crippen LogP contribution in [0.25, 0.3) is 0 Å². The molecular weight excluding hydrogens is 345 g/mol. The van der Waals surface area contributed by atoms with Crippen LogP contribution in [0.2, 0.25) is 10.0 Å². The molecule has 0 unspecified atom stereocenters. The number of nitrogens with two attached hydrogens (primary N) is 1. The lowest BCUT2D eigenvalue weighted by molar-refractivity contribution is 0.571. The molecule has 0 fully saturated rings. The van der Waals surface area contributed by atoms with E-state index < -0.39 is 26.6 Å². The molecular formula is C12H8Cl2F2N2O2S. The van der Waals surface area contributed by atoms with Crippen molar-refractivity contribution in [2.45, 2.75) is 4.90 Å². The van der Waals surface area contributed by atoms with Gasteiger partial charge in [0.25, 0.3) is 10.0 Å². The lowest BCUT2D eigenvalue weighted by Crippen LogP contribution is -2.16. The van der Waals surface area contributed by atoms with Crippen molar-refractivity contribution >= 4 is 44.6 Å². The highest BCUT2D eigenvalue weighted by molar-refractivity contribution is 7.92. The third kappa shape index (κ3) is 3.20. The van der Waals surface area contributed by atoms with Crippen LogP contribution in [0.4, 0.5) is 20.2 Å². The molecule has 0 aliphatic heterocycles. The average molecular weight is 353 g/mol. The molecule has 0 spiro atoms. The normalized spacial score (nSPS) is 11.4. The van der Waals surface area contributed by atoms with E-state index in [1.54, 1.807) is 0 Å². The Kier molecular flexibility index (Phi) is 4.27. The minimum absolute atomic E-state index is 0.117. The quantitative estimate of drug-likeness (QED) is 0.654. The van der Waals surface area contributed by atoms with Gasteiger partial charge in [-0.2, -0.15) is 0 Å². The molecule has 2 aromatic carbocycles. The van der Waals surface area contributed by atoms with Gasteiger partial charge in [0.05, 0.1) is 21.4 Å². The Bertz CT molecular complexity index is 770. The SMILES string of the molecule is Nc1cccc(F)c1S(=O)(=O)Nc1cc(Cl)c(F)c(Cl)c1. The molecule has 2 aromatic rings. The Morgan fingerprint density at radius 1 is 1.10 bits per heavy atom. The van der Waals surface area contributed by atoms with E-state index >= 15 is 0 Å². The van der Waals surface area contributed by atoms with Crippen LogP contribution in [0, 0.1) is 11.6 Å². The Morgan fingerprint density at radius 2 is 1.67 bits per heavy atom. The van der Waals surface area contributed by atoms with E-state index in [-0.39, 0.29) is 21.4 Å². The molecule has 0 aliphatic carbocycles. The van der Waals surface area contributed by atoms with Gasteiger partial charge in [0.15, 0.2) is 5.82 Å². The summed E-state index contributed by atoms with van der Waals surface area (Å²) in [6, 6.07) is 5.49. The monoisotopic (exact) mass is 352 g/mol. The smallest absolute Gasteiger partial charge is 0.266 e. The fourth-order valence-corrected chi connectivity index (χ4v) is 3.35. The fourth-order valence-electron chi connectivity index (χ4n) is 1.63. The summed E-state index contributed by atoms with van der Waals surface area (Å²) < 4.78 is 53.3. The Hall–Kier alpha value is -1.57. The molecule has 0 atom stereocenters. The molecule has 0 amide bonds. The highest BCUT2D eigenvalue weighted by Crippen LogP contribution is 2.30. The van der Waals surface area contributed by atoms with Gasteiger partial charge in [0.1, 0.15) is 10.7 Å². The zero-order valence-electron chi connectivity index (χ0n) is 10.2. The van der Waals surface area contributed by atoms with Gasteiger partial charge >= 0.3 is 0 Å². The van der Waals surface area contributed by atoms with Gasteiger partial charge in [0.2, 0.25) is 0 Å². The van der Waals surface area contributed by atoms with E-state index in [1.165, 1.54) is 12.1 Å². The van der Waals surface area contributed by atoms with Crippen LogP contribution in [0.5, 0.6) is 0 Å². The van der Waals surface area contributed by atoms with Crippen LogP contribution in [0.3, 0.4) is 0 Å². The number of anilines is 2. The second-order valence-electron chi connectivity index (χ2n) is 4.02. The van der Waals surface area contributed by atoms with E-state index in [2.05, 4.69) is 0 Å². The summed E-state index contributed by atoms with van der Waals surface area (Å²) in [5.74, 6) is -1.89. The van der Waals surface area contributed by atoms with Crippen molar-refractivity contribution in [3.63, 3.8) is 0 Å². The molecule has 2 rings (SSSR count). The maximum atomic E-state index is 13.7. The first-order valence-electron chi connectivity index (χ1n) is 5.43. The van der Waals surface area contributed by atoms with E-state index in [9.17, 15) is 17.2 Å². The summed E-state index contributed by atoms with van der Waals surface area (Å²) in [6.45, 7) is 0. The summed E-state index contributed by atoms with van der Waals surface area (Å²) in [4.78, 5) is -0.707. The van der Waals surface area contributed by atoms with Gasteiger partial charge in [-0.05, 0) is 24.3 Å². The lowest BCUT2D eigenvalue weighted by atomic mass is 10.3. The molecule has 0 radical (unpaired) electrons. The molecule has 0 heterocycles. The number of rotatable bonds is 3. The van der Waals surface area contributed by atoms with Gasteiger partial charge in [-0.3, -0.25) is 4.72 Å². The fraction of sp³-hybridized carbons (Fsp3) is 0. The van der Waals surface area contributed by atoms with E-state index in [4.69, 9.17) is 28.9 Å². The predicted molar refractivity (Wildman–Crippen MR) is 78.0 cm³/mol. The minimum Gasteiger partial charge on any atom is -0.398 e. The second kappa shape index (κ2) is 5.67. The minimum atomic E-state index is -4.31. The van der Waals surface area contributed by atoms with E-state index in [0.717, 1.165) is 18.2 Å². The molecule has 0 saturated heterocycles. The summed E-state index contributed by atoms with van der Waals surface area (Å²) in [5.41, 5.74) is 5.09. The first-order valence-corrected chi connectivity index (χ1v) is 7.67. The number of benzene rings is 2. The standard InChI is InChI=1S/C12H8Cl2F2N2O2S/c13-7-4-6(5-8(14)11(7)16)18-21(19,20)12-9(15)2-1-3-10(12)17/h1-5,18H,17H2. The van der Waals surface area contributed by atoms with Crippen molar-refractivity contribution in [3.8, 4) is 0 Å². The van der Waals surface area contributed by atoms with Gasteiger partial charge in [-0.15, -0.1) is 0 Å². The summed E-state index contributed by atoms with van der Waals surface area (Å²) >= 11 is 11.1. The largest absolute Gasteiger partial charge is 0.398 e. The molecule has 0 aliphatic rings. The number of nitrogens with one attached hydrogen (secondary N) is 1. The highest BCUT2D eigenvalue weighted by Gasteiger charge is 2.23. The molecule has 9 heteroatoms. The van der Waals surface area contributed by atoms with Gasteiger partial charge in [0, 0.05) is 0 Å². The average Bonchev–Trinajstić information content (AvgIpc) is 2.34. The second-order valence-corrected chi connectivity index (χ2v) is 6.45. The van der Waals surface area contributed by atoms with Crippen molar-refractivity contribution in [1.29, 1.82) is 0 Å². The Balaban J connectivity index is 2.48. The summed E-state index contributed by atoms with van der Waals surface area (Å²) in [7, 11) is -4.31. The third-order valence-corrected chi connectivity index (χ3v) is 4.52. The van der Waals surface area contributed by atoms with Crippen LogP contribution >= 0.6 is 23.2 Å². The lowest BCUT2D eigenvalue weighted by Gasteiger charge is -2.11. The zero-order valence-corrected chi connectivity index (χ0v) is 12.5.